The Hall–Kier alpha value is -2.65. The minimum absolute atomic E-state index is 0.0128. The molecule has 0 saturated carbocycles. The van der Waals surface area contributed by atoms with Crippen LogP contribution in [0, 0.1) is 0 Å². The molecule has 1 atom stereocenters. The summed E-state index contributed by atoms with van der Waals surface area (Å²) < 4.78 is 6.66. The highest BCUT2D eigenvalue weighted by Crippen LogP contribution is 2.35. The molecule has 0 unspecified atom stereocenters. The predicted octanol–water partition coefficient (Wildman–Crippen LogP) is 3.58. The fourth-order valence-corrected chi connectivity index (χ4v) is 7.20. The van der Waals surface area contributed by atoms with E-state index in [0.29, 0.717) is 24.7 Å². The van der Waals surface area contributed by atoms with Crippen LogP contribution in [0.15, 0.2) is 34.2 Å². The third kappa shape index (κ3) is 4.05. The van der Waals surface area contributed by atoms with E-state index in [9.17, 15) is 14.4 Å². The van der Waals surface area contributed by atoms with Crippen molar-refractivity contribution in [2.75, 3.05) is 12.9 Å². The Balaban J connectivity index is 1.42. The number of nitrogens with zero attached hydrogens (tertiary/aromatic N) is 3. The van der Waals surface area contributed by atoms with Crippen molar-refractivity contribution in [2.24, 2.45) is 0 Å². The van der Waals surface area contributed by atoms with Crippen molar-refractivity contribution >= 4 is 45.2 Å². The molecule has 0 fully saturated rings. The second kappa shape index (κ2) is 9.54. The first-order valence-electron chi connectivity index (χ1n) is 11.6. The zero-order valence-electron chi connectivity index (χ0n) is 19.3. The molecule has 7 nitrogen and oxygen atoms in total. The standard InChI is InChI=1S/C25H27N3O4S2/c1-3-27-23(30)21-17-10-6-7-11-19(17)34-22(21)26-25(27)33-14-20(29)28-13-16-9-5-4-8-15(16)12-18(28)24(31)32-2/h4-5,8-9,18H,3,6-7,10-14H2,1-2H3/t18-/m0/s1. The zero-order chi connectivity index (χ0) is 23.8. The van der Waals surface area contributed by atoms with E-state index in [1.807, 2.05) is 31.2 Å². The highest BCUT2D eigenvalue weighted by atomic mass is 32.2. The molecule has 2 aliphatic rings. The van der Waals surface area contributed by atoms with Crippen LogP contribution in [0.3, 0.4) is 0 Å². The smallest absolute Gasteiger partial charge is 0.328 e. The molecule has 3 aromatic rings. The topological polar surface area (TPSA) is 81.5 Å². The lowest BCUT2D eigenvalue weighted by Gasteiger charge is -2.35. The highest BCUT2D eigenvalue weighted by molar-refractivity contribution is 7.99. The van der Waals surface area contributed by atoms with Gasteiger partial charge in [-0.25, -0.2) is 9.78 Å². The molecular weight excluding hydrogens is 470 g/mol. The average Bonchev–Trinajstić information content (AvgIpc) is 3.24. The summed E-state index contributed by atoms with van der Waals surface area (Å²) in [6.45, 7) is 2.78. The maximum absolute atomic E-state index is 13.3. The first kappa shape index (κ1) is 23.1. The molecule has 1 amide bonds. The van der Waals surface area contributed by atoms with Gasteiger partial charge in [0.2, 0.25) is 5.91 Å². The van der Waals surface area contributed by atoms with Gasteiger partial charge in [-0.15, -0.1) is 11.3 Å². The molecule has 3 heterocycles. The third-order valence-electron chi connectivity index (χ3n) is 6.72. The van der Waals surface area contributed by atoms with Crippen LogP contribution in [0.25, 0.3) is 10.2 Å². The molecule has 34 heavy (non-hydrogen) atoms. The first-order valence-corrected chi connectivity index (χ1v) is 13.4. The normalized spacial score (nSPS) is 17.4. The minimum atomic E-state index is -0.652. The van der Waals surface area contributed by atoms with Crippen LogP contribution in [0.5, 0.6) is 0 Å². The monoisotopic (exact) mass is 497 g/mol. The molecule has 2 aromatic heterocycles. The van der Waals surface area contributed by atoms with Crippen LogP contribution < -0.4 is 5.56 Å². The van der Waals surface area contributed by atoms with Gasteiger partial charge in [0.05, 0.1) is 18.2 Å². The average molecular weight is 498 g/mol. The Bertz CT molecular complexity index is 1330. The highest BCUT2D eigenvalue weighted by Gasteiger charge is 2.35. The predicted molar refractivity (Wildman–Crippen MR) is 133 cm³/mol. The maximum atomic E-state index is 13.3. The van der Waals surface area contributed by atoms with Gasteiger partial charge in [-0.2, -0.15) is 0 Å². The number of esters is 1. The molecule has 178 valence electrons. The number of hydrogen-bond acceptors (Lipinski definition) is 7. The molecule has 0 saturated heterocycles. The zero-order valence-corrected chi connectivity index (χ0v) is 21.0. The number of rotatable bonds is 5. The van der Waals surface area contributed by atoms with Crippen molar-refractivity contribution in [1.82, 2.24) is 14.5 Å². The molecule has 0 N–H and O–H groups in total. The van der Waals surface area contributed by atoms with Crippen molar-refractivity contribution in [3.05, 3.63) is 56.2 Å². The lowest BCUT2D eigenvalue weighted by Crippen LogP contribution is -2.49. The second-order valence-corrected chi connectivity index (χ2v) is 10.7. The number of carbonyl (C=O) groups is 2. The van der Waals surface area contributed by atoms with E-state index in [-0.39, 0.29) is 17.2 Å². The number of methoxy groups -OCH3 is 1. The number of benzene rings is 1. The number of carbonyl (C=O) groups excluding carboxylic acids is 2. The summed E-state index contributed by atoms with van der Waals surface area (Å²) in [5.74, 6) is -0.488. The summed E-state index contributed by atoms with van der Waals surface area (Å²) in [5, 5.41) is 1.31. The molecule has 0 bridgehead atoms. The Labute approximate surface area is 206 Å². The van der Waals surface area contributed by atoms with Crippen LogP contribution in [-0.2, 0) is 46.7 Å². The van der Waals surface area contributed by atoms with E-state index >= 15 is 0 Å². The van der Waals surface area contributed by atoms with E-state index in [4.69, 9.17) is 9.72 Å². The van der Waals surface area contributed by atoms with Crippen molar-refractivity contribution in [1.29, 1.82) is 0 Å². The van der Waals surface area contributed by atoms with Crippen LogP contribution in [0.1, 0.15) is 41.3 Å². The van der Waals surface area contributed by atoms with E-state index in [1.54, 1.807) is 20.8 Å². The van der Waals surface area contributed by atoms with Crippen LogP contribution in [0.4, 0.5) is 0 Å². The Morgan fingerprint density at radius 1 is 1.21 bits per heavy atom. The van der Waals surface area contributed by atoms with E-state index in [0.717, 1.165) is 47.0 Å². The SMILES string of the molecule is CCn1c(SCC(=O)N2Cc3ccccc3C[C@H]2C(=O)OC)nc2sc3c(c2c1=O)CCCC3. The largest absolute Gasteiger partial charge is 0.467 e. The number of amides is 1. The van der Waals surface area contributed by atoms with Gasteiger partial charge in [-0.1, -0.05) is 36.0 Å². The van der Waals surface area contributed by atoms with Crippen molar-refractivity contribution in [3.63, 3.8) is 0 Å². The lowest BCUT2D eigenvalue weighted by atomic mass is 9.94. The Morgan fingerprint density at radius 2 is 1.97 bits per heavy atom. The Morgan fingerprint density at radius 3 is 2.74 bits per heavy atom. The van der Waals surface area contributed by atoms with Gasteiger partial charge in [-0.05, 0) is 49.3 Å². The lowest BCUT2D eigenvalue weighted by molar-refractivity contribution is -0.153. The number of ether oxygens (including phenoxy) is 1. The maximum Gasteiger partial charge on any atom is 0.328 e. The van der Waals surface area contributed by atoms with Gasteiger partial charge in [0, 0.05) is 24.4 Å². The number of aryl methyl sites for hydroxylation is 2. The van der Waals surface area contributed by atoms with Crippen molar-refractivity contribution < 1.29 is 14.3 Å². The summed E-state index contributed by atoms with van der Waals surface area (Å²) in [7, 11) is 1.35. The molecule has 0 spiro atoms. The number of thiophene rings is 1. The summed E-state index contributed by atoms with van der Waals surface area (Å²) in [6.07, 6.45) is 4.64. The molecule has 1 aliphatic carbocycles. The van der Waals surface area contributed by atoms with Crippen LogP contribution in [0.2, 0.25) is 0 Å². The summed E-state index contributed by atoms with van der Waals surface area (Å²) in [5.41, 5.74) is 3.26. The van der Waals surface area contributed by atoms with Crippen LogP contribution in [-0.4, -0.2) is 45.2 Å². The Kier molecular flexibility index (Phi) is 6.48. The van der Waals surface area contributed by atoms with Crippen molar-refractivity contribution in [2.45, 2.75) is 63.3 Å². The van der Waals surface area contributed by atoms with Gasteiger partial charge in [-0.3, -0.25) is 14.2 Å². The molecular formula is C25H27N3O4S2. The minimum Gasteiger partial charge on any atom is -0.467 e. The van der Waals surface area contributed by atoms with E-state index in [2.05, 4.69) is 0 Å². The first-order chi connectivity index (χ1) is 16.5. The molecule has 1 aromatic carbocycles. The summed E-state index contributed by atoms with van der Waals surface area (Å²) in [6, 6.07) is 7.20. The van der Waals surface area contributed by atoms with Crippen molar-refractivity contribution in [3.8, 4) is 0 Å². The van der Waals surface area contributed by atoms with Gasteiger partial charge in [0.1, 0.15) is 10.9 Å². The van der Waals surface area contributed by atoms with Crippen LogP contribution >= 0.6 is 23.1 Å². The van der Waals surface area contributed by atoms with E-state index < -0.39 is 12.0 Å². The molecule has 1 aliphatic heterocycles. The fraction of sp³-hybridized carbons (Fsp3) is 0.440. The fourth-order valence-electron chi connectivity index (χ4n) is 4.95. The van der Waals surface area contributed by atoms with Gasteiger partial charge < -0.3 is 9.64 Å². The summed E-state index contributed by atoms with van der Waals surface area (Å²) in [4.78, 5) is 47.6. The van der Waals surface area contributed by atoms with Gasteiger partial charge in [0.25, 0.3) is 5.56 Å². The quantitative estimate of drug-likeness (QED) is 0.305. The molecule has 0 radical (unpaired) electrons. The number of aromatic nitrogens is 2. The molecule has 9 heteroatoms. The second-order valence-electron chi connectivity index (χ2n) is 8.66. The molecule has 5 rings (SSSR count). The number of thioether (sulfide) groups is 1. The van der Waals surface area contributed by atoms with E-state index in [1.165, 1.54) is 29.3 Å². The number of fused-ring (bicyclic) bond motifs is 4. The number of hydrogen-bond donors (Lipinski definition) is 0. The summed E-state index contributed by atoms with van der Waals surface area (Å²) >= 11 is 2.88. The van der Waals surface area contributed by atoms with Gasteiger partial charge >= 0.3 is 5.97 Å². The third-order valence-corrected chi connectivity index (χ3v) is 8.87. The van der Waals surface area contributed by atoms with Gasteiger partial charge in [0.15, 0.2) is 5.16 Å².